The van der Waals surface area contributed by atoms with Crippen LogP contribution in [-0.4, -0.2) is 40.1 Å². The lowest BCUT2D eigenvalue weighted by molar-refractivity contribution is -0.148. The molecule has 1 saturated heterocycles. The van der Waals surface area contributed by atoms with Gasteiger partial charge in [0.05, 0.1) is 0 Å². The summed E-state index contributed by atoms with van der Waals surface area (Å²) in [6.45, 7) is 2.39. The predicted octanol–water partition coefficient (Wildman–Crippen LogP) is 1.58. The van der Waals surface area contributed by atoms with Crippen molar-refractivity contribution >= 4 is 12.0 Å². The number of nitrogens with one attached hydrogen (secondary N) is 1. The monoisotopic (exact) mass is 240 g/mol. The molecule has 1 aliphatic heterocycles. The molecule has 2 fully saturated rings. The Bertz CT molecular complexity index is 328. The fraction of sp³-hybridized carbons (Fsp3) is 0.833. The molecular formula is C12H20N2O3. The highest BCUT2D eigenvalue weighted by Crippen LogP contribution is 2.33. The number of carbonyl (C=O) groups excluding carboxylic acids is 1. The second kappa shape index (κ2) is 4.55. The number of hydrogen-bond acceptors (Lipinski definition) is 2. The summed E-state index contributed by atoms with van der Waals surface area (Å²) in [7, 11) is 0. The largest absolute Gasteiger partial charge is 0.479 e. The summed E-state index contributed by atoms with van der Waals surface area (Å²) >= 11 is 0. The van der Waals surface area contributed by atoms with Gasteiger partial charge in [0, 0.05) is 12.6 Å². The fourth-order valence-electron chi connectivity index (χ4n) is 2.72. The molecule has 0 spiro atoms. The van der Waals surface area contributed by atoms with Gasteiger partial charge in [-0.1, -0.05) is 6.92 Å². The Labute approximate surface area is 101 Å². The minimum atomic E-state index is -0.978. The molecule has 1 heterocycles. The van der Waals surface area contributed by atoms with Crippen LogP contribution >= 0.6 is 0 Å². The predicted molar refractivity (Wildman–Crippen MR) is 62.8 cm³/mol. The van der Waals surface area contributed by atoms with Crippen molar-refractivity contribution in [3.63, 3.8) is 0 Å². The Morgan fingerprint density at radius 3 is 2.59 bits per heavy atom. The summed E-state index contributed by atoms with van der Waals surface area (Å²) in [5, 5.41) is 12.3. The molecule has 96 valence electrons. The summed E-state index contributed by atoms with van der Waals surface area (Å²) in [4.78, 5) is 25.0. The summed E-state index contributed by atoms with van der Waals surface area (Å²) in [6, 6.07) is 0.0582. The van der Waals surface area contributed by atoms with E-state index in [1.54, 1.807) is 0 Å². The second-order valence-corrected chi connectivity index (χ2v) is 5.02. The highest BCUT2D eigenvalue weighted by Gasteiger charge is 2.48. The number of hydrogen-bond donors (Lipinski definition) is 2. The smallest absolute Gasteiger partial charge is 0.329 e. The van der Waals surface area contributed by atoms with Crippen LogP contribution in [0.5, 0.6) is 0 Å². The summed E-state index contributed by atoms with van der Waals surface area (Å²) in [6.07, 6.45) is 5.01. The number of carboxylic acid groups (broad SMARTS) is 1. The van der Waals surface area contributed by atoms with Crippen molar-refractivity contribution in [2.75, 3.05) is 6.54 Å². The molecule has 0 bridgehead atoms. The van der Waals surface area contributed by atoms with E-state index in [1.807, 2.05) is 6.92 Å². The molecule has 17 heavy (non-hydrogen) atoms. The van der Waals surface area contributed by atoms with E-state index in [0.29, 0.717) is 19.4 Å². The van der Waals surface area contributed by atoms with E-state index in [0.717, 1.165) is 25.7 Å². The Morgan fingerprint density at radius 2 is 2.12 bits per heavy atom. The molecule has 2 aliphatic rings. The van der Waals surface area contributed by atoms with Gasteiger partial charge < -0.3 is 15.3 Å². The molecule has 5 heteroatoms. The molecule has 2 rings (SSSR count). The van der Waals surface area contributed by atoms with Crippen molar-refractivity contribution < 1.29 is 14.7 Å². The van der Waals surface area contributed by atoms with Gasteiger partial charge in [0.2, 0.25) is 0 Å². The van der Waals surface area contributed by atoms with E-state index in [2.05, 4.69) is 5.32 Å². The molecule has 0 aromatic rings. The summed E-state index contributed by atoms with van der Waals surface area (Å²) < 4.78 is 0. The Morgan fingerprint density at radius 1 is 1.41 bits per heavy atom. The SMILES string of the molecule is CCC1(C(=O)O)CCCN1C(=O)NC1CCC1. The maximum Gasteiger partial charge on any atom is 0.329 e. The van der Waals surface area contributed by atoms with E-state index in [-0.39, 0.29) is 12.1 Å². The van der Waals surface area contributed by atoms with Crippen LogP contribution in [0.15, 0.2) is 0 Å². The molecule has 1 unspecified atom stereocenters. The maximum atomic E-state index is 12.1. The van der Waals surface area contributed by atoms with Gasteiger partial charge in [-0.3, -0.25) is 0 Å². The van der Waals surface area contributed by atoms with Gasteiger partial charge in [-0.25, -0.2) is 9.59 Å². The fourth-order valence-corrected chi connectivity index (χ4v) is 2.72. The topological polar surface area (TPSA) is 69.6 Å². The van der Waals surface area contributed by atoms with Gasteiger partial charge in [0.1, 0.15) is 5.54 Å². The second-order valence-electron chi connectivity index (χ2n) is 5.02. The highest BCUT2D eigenvalue weighted by molar-refractivity contribution is 5.87. The first-order valence-corrected chi connectivity index (χ1v) is 6.41. The Kier molecular flexibility index (Phi) is 3.26. The minimum Gasteiger partial charge on any atom is -0.479 e. The molecule has 0 aromatic heterocycles. The van der Waals surface area contributed by atoms with E-state index in [1.165, 1.54) is 4.90 Å². The number of likely N-dealkylation sites (tertiary alicyclic amines) is 1. The number of carboxylic acids is 1. The van der Waals surface area contributed by atoms with Gasteiger partial charge in [0.15, 0.2) is 0 Å². The van der Waals surface area contributed by atoms with Gasteiger partial charge in [-0.15, -0.1) is 0 Å². The summed E-state index contributed by atoms with van der Waals surface area (Å²) in [5.74, 6) is -0.874. The van der Waals surface area contributed by atoms with Crippen molar-refractivity contribution in [3.05, 3.63) is 0 Å². The number of carbonyl (C=O) groups is 2. The number of amides is 2. The van der Waals surface area contributed by atoms with E-state index in [9.17, 15) is 14.7 Å². The van der Waals surface area contributed by atoms with Gasteiger partial charge in [-0.2, -0.15) is 0 Å². The Balaban J connectivity index is 2.06. The van der Waals surface area contributed by atoms with E-state index in [4.69, 9.17) is 0 Å². The average Bonchev–Trinajstić information content (AvgIpc) is 2.68. The Hall–Kier alpha value is -1.26. The van der Waals surface area contributed by atoms with E-state index >= 15 is 0 Å². The van der Waals surface area contributed by atoms with Crippen molar-refractivity contribution in [1.29, 1.82) is 0 Å². The summed E-state index contributed by atoms with van der Waals surface area (Å²) in [5.41, 5.74) is -0.978. The van der Waals surface area contributed by atoms with Crippen molar-refractivity contribution in [2.45, 2.75) is 57.0 Å². The third kappa shape index (κ3) is 1.98. The van der Waals surface area contributed by atoms with Gasteiger partial charge in [-0.05, 0) is 38.5 Å². The van der Waals surface area contributed by atoms with Crippen LogP contribution in [0.25, 0.3) is 0 Å². The molecule has 1 saturated carbocycles. The highest BCUT2D eigenvalue weighted by atomic mass is 16.4. The van der Waals surface area contributed by atoms with Gasteiger partial charge in [0.25, 0.3) is 0 Å². The molecule has 0 radical (unpaired) electrons. The maximum absolute atomic E-state index is 12.1. The average molecular weight is 240 g/mol. The lowest BCUT2D eigenvalue weighted by Gasteiger charge is -2.36. The molecular weight excluding hydrogens is 220 g/mol. The van der Waals surface area contributed by atoms with Gasteiger partial charge >= 0.3 is 12.0 Å². The van der Waals surface area contributed by atoms with Crippen LogP contribution in [0.1, 0.15) is 45.4 Å². The first kappa shape index (κ1) is 12.2. The number of rotatable bonds is 3. The van der Waals surface area contributed by atoms with Crippen molar-refractivity contribution in [1.82, 2.24) is 10.2 Å². The first-order valence-electron chi connectivity index (χ1n) is 6.41. The van der Waals surface area contributed by atoms with E-state index < -0.39 is 11.5 Å². The van der Waals surface area contributed by atoms with Crippen LogP contribution in [0.4, 0.5) is 4.79 Å². The number of nitrogens with zero attached hydrogens (tertiary/aromatic N) is 1. The molecule has 2 N–H and O–H groups in total. The lowest BCUT2D eigenvalue weighted by atomic mass is 9.92. The third-order valence-electron chi connectivity index (χ3n) is 4.15. The van der Waals surface area contributed by atoms with Crippen LogP contribution in [-0.2, 0) is 4.79 Å². The molecule has 1 aliphatic carbocycles. The molecule has 1 atom stereocenters. The van der Waals surface area contributed by atoms with Crippen LogP contribution < -0.4 is 5.32 Å². The zero-order valence-electron chi connectivity index (χ0n) is 10.2. The first-order chi connectivity index (χ1) is 8.10. The zero-order valence-corrected chi connectivity index (χ0v) is 10.2. The zero-order chi connectivity index (χ0) is 12.5. The van der Waals surface area contributed by atoms with Crippen molar-refractivity contribution in [2.24, 2.45) is 0 Å². The van der Waals surface area contributed by atoms with Crippen LogP contribution in [0.3, 0.4) is 0 Å². The number of aliphatic carboxylic acids is 1. The number of urea groups is 1. The third-order valence-corrected chi connectivity index (χ3v) is 4.15. The van der Waals surface area contributed by atoms with Crippen LogP contribution in [0.2, 0.25) is 0 Å². The lowest BCUT2D eigenvalue weighted by Crippen LogP contribution is -2.57. The normalized spacial score (nSPS) is 28.9. The van der Waals surface area contributed by atoms with Crippen molar-refractivity contribution in [3.8, 4) is 0 Å². The molecule has 2 amide bonds. The molecule has 5 nitrogen and oxygen atoms in total. The van der Waals surface area contributed by atoms with Crippen LogP contribution in [0, 0.1) is 0 Å². The minimum absolute atomic E-state index is 0.198. The molecule has 0 aromatic carbocycles. The standard InChI is InChI=1S/C12H20N2O3/c1-2-12(10(15)16)7-4-8-14(12)11(17)13-9-5-3-6-9/h9H,2-8H2,1H3,(H,13,17)(H,15,16). The quantitative estimate of drug-likeness (QED) is 0.786.